The molecule has 0 saturated carbocycles. The lowest BCUT2D eigenvalue weighted by Gasteiger charge is -2.18. The summed E-state index contributed by atoms with van der Waals surface area (Å²) in [6.45, 7) is 2.07. The van der Waals surface area contributed by atoms with Gasteiger partial charge in [-0.25, -0.2) is 4.98 Å². The molecule has 0 bridgehead atoms. The van der Waals surface area contributed by atoms with E-state index in [9.17, 15) is 9.59 Å². The van der Waals surface area contributed by atoms with Gasteiger partial charge in [-0.1, -0.05) is 36.4 Å². The Morgan fingerprint density at radius 1 is 1.17 bits per heavy atom. The molecule has 2 aromatic heterocycles. The van der Waals surface area contributed by atoms with Gasteiger partial charge >= 0.3 is 0 Å². The zero-order chi connectivity index (χ0) is 24.9. The Bertz CT molecular complexity index is 1400. The first-order chi connectivity index (χ1) is 16.9. The standard InChI is InChI=1S/C25H24ClN3O5S/c1-4-22(23(30)27-16-8-5-7-15(26)11-16)35-25-28-19-13-21(33-3)20(32-2)12-18(19)24(31)29(25)14-17-9-6-10-34-17/h5-13,22H,4,14H2,1-3H3,(H,27,30)/t22-/m1/s1. The van der Waals surface area contributed by atoms with E-state index in [2.05, 4.69) is 5.32 Å². The summed E-state index contributed by atoms with van der Waals surface area (Å²) in [5.74, 6) is 1.26. The van der Waals surface area contributed by atoms with Crippen molar-refractivity contribution in [2.75, 3.05) is 19.5 Å². The van der Waals surface area contributed by atoms with Crippen molar-refractivity contribution >= 4 is 45.9 Å². The second-order valence-electron chi connectivity index (χ2n) is 7.60. The normalized spacial score (nSPS) is 11.9. The molecule has 1 N–H and O–H groups in total. The number of carbonyl (C=O) groups is 1. The number of nitrogens with one attached hydrogen (secondary N) is 1. The third kappa shape index (κ3) is 5.47. The third-order valence-electron chi connectivity index (χ3n) is 5.32. The third-order valence-corrected chi connectivity index (χ3v) is 6.91. The maximum absolute atomic E-state index is 13.6. The Balaban J connectivity index is 1.75. The van der Waals surface area contributed by atoms with Crippen molar-refractivity contribution in [2.24, 2.45) is 0 Å². The molecular weight excluding hydrogens is 490 g/mol. The second-order valence-corrected chi connectivity index (χ2v) is 9.21. The van der Waals surface area contributed by atoms with E-state index in [1.54, 1.807) is 54.8 Å². The number of anilines is 1. The van der Waals surface area contributed by atoms with Gasteiger partial charge in [0.2, 0.25) is 5.91 Å². The first kappa shape index (κ1) is 24.7. The van der Waals surface area contributed by atoms with Gasteiger partial charge in [0.1, 0.15) is 5.76 Å². The van der Waals surface area contributed by atoms with E-state index in [-0.39, 0.29) is 18.0 Å². The van der Waals surface area contributed by atoms with E-state index < -0.39 is 5.25 Å². The Kier molecular flexibility index (Phi) is 7.67. The monoisotopic (exact) mass is 513 g/mol. The van der Waals surface area contributed by atoms with Crippen LogP contribution in [0.1, 0.15) is 19.1 Å². The quantitative estimate of drug-likeness (QED) is 0.242. The molecule has 2 aromatic carbocycles. The molecule has 10 heteroatoms. The van der Waals surface area contributed by atoms with E-state index in [0.29, 0.717) is 50.4 Å². The number of hydrogen-bond acceptors (Lipinski definition) is 7. The van der Waals surface area contributed by atoms with E-state index in [1.165, 1.54) is 30.5 Å². The lowest BCUT2D eigenvalue weighted by molar-refractivity contribution is -0.115. The smallest absolute Gasteiger partial charge is 0.262 e. The number of methoxy groups -OCH3 is 2. The average Bonchev–Trinajstić information content (AvgIpc) is 3.37. The molecule has 0 aliphatic carbocycles. The van der Waals surface area contributed by atoms with Crippen LogP contribution in [0.3, 0.4) is 0 Å². The molecule has 0 spiro atoms. The molecule has 182 valence electrons. The van der Waals surface area contributed by atoms with Gasteiger partial charge in [0.15, 0.2) is 16.7 Å². The minimum Gasteiger partial charge on any atom is -0.493 e. The predicted octanol–water partition coefficient (Wildman–Crippen LogP) is 5.22. The molecule has 0 aliphatic rings. The molecule has 0 fully saturated rings. The summed E-state index contributed by atoms with van der Waals surface area (Å²) in [5, 5.41) is 3.66. The Morgan fingerprint density at radius 2 is 1.94 bits per heavy atom. The van der Waals surface area contributed by atoms with E-state index >= 15 is 0 Å². The van der Waals surface area contributed by atoms with Gasteiger partial charge in [-0.3, -0.25) is 14.2 Å². The minimum atomic E-state index is -0.513. The van der Waals surface area contributed by atoms with Crippen molar-refractivity contribution in [3.63, 3.8) is 0 Å². The zero-order valence-electron chi connectivity index (χ0n) is 19.4. The summed E-state index contributed by atoms with van der Waals surface area (Å²) in [7, 11) is 3.03. The van der Waals surface area contributed by atoms with Crippen molar-refractivity contribution in [1.29, 1.82) is 0 Å². The molecule has 1 amide bonds. The molecule has 2 heterocycles. The van der Waals surface area contributed by atoms with Crippen molar-refractivity contribution in [3.05, 3.63) is 75.9 Å². The van der Waals surface area contributed by atoms with Gasteiger partial charge in [0.25, 0.3) is 5.56 Å². The Labute approximate surface area is 211 Å². The van der Waals surface area contributed by atoms with E-state index in [0.717, 1.165) is 0 Å². The molecule has 0 aliphatic heterocycles. The van der Waals surface area contributed by atoms with Crippen LogP contribution in [-0.4, -0.2) is 34.9 Å². The highest BCUT2D eigenvalue weighted by molar-refractivity contribution is 8.00. The lowest BCUT2D eigenvalue weighted by Crippen LogP contribution is -2.28. The molecule has 0 unspecified atom stereocenters. The topological polar surface area (TPSA) is 95.6 Å². The number of thioether (sulfide) groups is 1. The maximum atomic E-state index is 13.6. The molecular formula is C25H24ClN3O5S. The van der Waals surface area contributed by atoms with Crippen LogP contribution < -0.4 is 20.3 Å². The summed E-state index contributed by atoms with van der Waals surface area (Å²) in [4.78, 5) is 31.4. The van der Waals surface area contributed by atoms with Crippen LogP contribution in [0.4, 0.5) is 5.69 Å². The van der Waals surface area contributed by atoms with Crippen LogP contribution in [0, 0.1) is 0 Å². The first-order valence-electron chi connectivity index (χ1n) is 10.9. The number of amides is 1. The Hall–Kier alpha value is -3.43. The highest BCUT2D eigenvalue weighted by atomic mass is 35.5. The number of furan rings is 1. The number of benzene rings is 2. The number of aromatic nitrogens is 2. The predicted molar refractivity (Wildman–Crippen MR) is 137 cm³/mol. The van der Waals surface area contributed by atoms with Crippen molar-refractivity contribution in [3.8, 4) is 11.5 Å². The summed E-state index contributed by atoms with van der Waals surface area (Å²) in [6.07, 6.45) is 2.06. The number of halogens is 1. The van der Waals surface area contributed by atoms with Gasteiger partial charge in [0.05, 0.1) is 43.2 Å². The molecule has 0 saturated heterocycles. The fourth-order valence-electron chi connectivity index (χ4n) is 3.55. The minimum absolute atomic E-state index is 0.164. The summed E-state index contributed by atoms with van der Waals surface area (Å²) in [6, 6.07) is 13.7. The van der Waals surface area contributed by atoms with Crippen LogP contribution in [0.15, 0.2) is 69.2 Å². The zero-order valence-corrected chi connectivity index (χ0v) is 21.0. The van der Waals surface area contributed by atoms with Crippen molar-refractivity contribution in [2.45, 2.75) is 30.3 Å². The molecule has 0 radical (unpaired) electrons. The van der Waals surface area contributed by atoms with Gasteiger partial charge in [-0.15, -0.1) is 0 Å². The van der Waals surface area contributed by atoms with Crippen LogP contribution in [0.2, 0.25) is 5.02 Å². The number of fused-ring (bicyclic) bond motifs is 1. The SMILES string of the molecule is CC[C@@H](Sc1nc2cc(OC)c(OC)cc2c(=O)n1Cc1ccco1)C(=O)Nc1cccc(Cl)c1. The fraction of sp³-hybridized carbons (Fsp3) is 0.240. The van der Waals surface area contributed by atoms with E-state index in [4.69, 9.17) is 30.5 Å². The van der Waals surface area contributed by atoms with Crippen molar-refractivity contribution in [1.82, 2.24) is 9.55 Å². The van der Waals surface area contributed by atoms with Gasteiger partial charge in [0, 0.05) is 16.8 Å². The van der Waals surface area contributed by atoms with Crippen LogP contribution in [0.5, 0.6) is 11.5 Å². The summed E-state index contributed by atoms with van der Waals surface area (Å²) < 4.78 is 17.7. The van der Waals surface area contributed by atoms with Gasteiger partial charge in [-0.05, 0) is 42.8 Å². The molecule has 4 rings (SSSR count). The highest BCUT2D eigenvalue weighted by Crippen LogP contribution is 2.32. The molecule has 35 heavy (non-hydrogen) atoms. The average molecular weight is 514 g/mol. The number of rotatable bonds is 9. The molecule has 1 atom stereocenters. The summed E-state index contributed by atoms with van der Waals surface area (Å²) >= 11 is 7.26. The number of nitrogens with zero attached hydrogens (tertiary/aromatic N) is 2. The number of carbonyl (C=O) groups excluding carboxylic acids is 1. The van der Waals surface area contributed by atoms with Crippen LogP contribution >= 0.6 is 23.4 Å². The Morgan fingerprint density at radius 3 is 2.60 bits per heavy atom. The lowest BCUT2D eigenvalue weighted by atomic mass is 10.2. The van der Waals surface area contributed by atoms with Crippen molar-refractivity contribution < 1.29 is 18.7 Å². The van der Waals surface area contributed by atoms with Gasteiger partial charge < -0.3 is 19.2 Å². The molecule has 4 aromatic rings. The highest BCUT2D eigenvalue weighted by Gasteiger charge is 2.23. The number of ether oxygens (including phenoxy) is 2. The first-order valence-corrected chi connectivity index (χ1v) is 12.1. The van der Waals surface area contributed by atoms with Gasteiger partial charge in [-0.2, -0.15) is 0 Å². The van der Waals surface area contributed by atoms with Crippen LogP contribution in [-0.2, 0) is 11.3 Å². The maximum Gasteiger partial charge on any atom is 0.262 e. The largest absolute Gasteiger partial charge is 0.493 e. The van der Waals surface area contributed by atoms with Crippen LogP contribution in [0.25, 0.3) is 10.9 Å². The summed E-state index contributed by atoms with van der Waals surface area (Å²) in [5.41, 5.74) is 0.758. The second kappa shape index (κ2) is 10.9. The number of hydrogen-bond donors (Lipinski definition) is 1. The fourth-order valence-corrected chi connectivity index (χ4v) is 4.76. The van der Waals surface area contributed by atoms with E-state index in [1.807, 2.05) is 6.92 Å². The molecule has 8 nitrogen and oxygen atoms in total.